The van der Waals surface area contributed by atoms with Crippen molar-refractivity contribution in [2.24, 2.45) is 10.2 Å². The first kappa shape index (κ1) is 11.4. The van der Waals surface area contributed by atoms with Crippen LogP contribution in [-0.2, 0) is 0 Å². The van der Waals surface area contributed by atoms with Crippen LogP contribution in [0.1, 0.15) is 0 Å². The highest BCUT2D eigenvalue weighted by molar-refractivity contribution is 6.24. The van der Waals surface area contributed by atoms with E-state index in [9.17, 15) is 5.11 Å². The number of phenols is 1. The lowest BCUT2D eigenvalue weighted by molar-refractivity contribution is 0.476. The van der Waals surface area contributed by atoms with Gasteiger partial charge in [0.15, 0.2) is 0 Å². The van der Waals surface area contributed by atoms with Crippen molar-refractivity contribution in [1.29, 1.82) is 0 Å². The molecule has 2 aromatic carbocycles. The summed E-state index contributed by atoms with van der Waals surface area (Å²) in [6, 6.07) is 14.1. The van der Waals surface area contributed by atoms with Gasteiger partial charge < -0.3 is 5.11 Å². The van der Waals surface area contributed by atoms with Crippen molar-refractivity contribution in [3.63, 3.8) is 0 Å². The zero-order valence-corrected chi connectivity index (χ0v) is 9.59. The van der Waals surface area contributed by atoms with Crippen molar-refractivity contribution in [3.8, 4) is 5.75 Å². The number of anilines is 1. The van der Waals surface area contributed by atoms with Crippen LogP contribution in [-0.4, -0.2) is 5.11 Å². The summed E-state index contributed by atoms with van der Waals surface area (Å²) < 4.78 is 0. The molecule has 0 saturated carbocycles. The minimum Gasteiger partial charge on any atom is -0.506 e. The summed E-state index contributed by atoms with van der Waals surface area (Å²) in [6.07, 6.45) is 0. The van der Waals surface area contributed by atoms with Gasteiger partial charge >= 0.3 is 0 Å². The number of phenolic OH excluding ortho intramolecular Hbond substituents is 1. The number of nitrogens with zero attached hydrogens (tertiary/aromatic N) is 2. The molecule has 0 unspecified atom stereocenters. The Bertz CT molecular complexity index is 529. The first-order valence-electron chi connectivity index (χ1n) is 4.96. The number of aromatic hydroxyl groups is 1. The second kappa shape index (κ2) is 5.32. The zero-order valence-electron chi connectivity index (χ0n) is 8.84. The van der Waals surface area contributed by atoms with Crippen LogP contribution >= 0.6 is 11.8 Å². The van der Waals surface area contributed by atoms with Crippen LogP contribution in [0.5, 0.6) is 5.75 Å². The number of halogens is 1. The summed E-state index contributed by atoms with van der Waals surface area (Å²) in [5, 5.41) is 17.6. The fourth-order valence-electron chi connectivity index (χ4n) is 1.27. The van der Waals surface area contributed by atoms with Gasteiger partial charge in [-0.1, -0.05) is 18.2 Å². The van der Waals surface area contributed by atoms with Gasteiger partial charge in [-0.25, -0.2) is 0 Å². The minimum atomic E-state index is 0.0235. The molecule has 0 amide bonds. The number of azo groups is 1. The molecule has 0 radical (unpaired) electrons. The molecular formula is C12H10ClN3O. The lowest BCUT2D eigenvalue weighted by Crippen LogP contribution is -1.78. The Hall–Kier alpha value is -2.07. The molecule has 86 valence electrons. The van der Waals surface area contributed by atoms with Crippen molar-refractivity contribution in [2.75, 3.05) is 4.84 Å². The number of benzene rings is 2. The molecule has 0 heterocycles. The standard InChI is InChI=1S/C12H10ClN3O/c13-14-10-6-7-11(12(17)8-10)16-15-9-4-2-1-3-5-9/h1-8,14,17H. The molecule has 5 heteroatoms. The summed E-state index contributed by atoms with van der Waals surface area (Å²) in [5.74, 6) is 0.0235. The highest BCUT2D eigenvalue weighted by Crippen LogP contribution is 2.30. The van der Waals surface area contributed by atoms with Gasteiger partial charge in [-0.3, -0.25) is 4.84 Å². The average Bonchev–Trinajstić information content (AvgIpc) is 2.38. The van der Waals surface area contributed by atoms with Crippen molar-refractivity contribution in [3.05, 3.63) is 48.5 Å². The van der Waals surface area contributed by atoms with E-state index in [1.807, 2.05) is 30.3 Å². The van der Waals surface area contributed by atoms with E-state index < -0.39 is 0 Å². The quantitative estimate of drug-likeness (QED) is 0.625. The van der Waals surface area contributed by atoms with Crippen molar-refractivity contribution >= 4 is 28.8 Å². The van der Waals surface area contributed by atoms with E-state index in [4.69, 9.17) is 11.8 Å². The summed E-state index contributed by atoms with van der Waals surface area (Å²) >= 11 is 5.41. The van der Waals surface area contributed by atoms with Crippen molar-refractivity contribution in [1.82, 2.24) is 0 Å². The molecule has 0 aromatic heterocycles. The Morgan fingerprint density at radius 1 is 1.00 bits per heavy atom. The maximum atomic E-state index is 9.65. The smallest absolute Gasteiger partial charge is 0.145 e. The van der Waals surface area contributed by atoms with E-state index >= 15 is 0 Å². The number of hydrogen-bond donors (Lipinski definition) is 2. The van der Waals surface area contributed by atoms with E-state index in [1.54, 1.807) is 12.1 Å². The Morgan fingerprint density at radius 2 is 1.76 bits per heavy atom. The van der Waals surface area contributed by atoms with Crippen LogP contribution in [0.3, 0.4) is 0 Å². The molecule has 0 atom stereocenters. The van der Waals surface area contributed by atoms with Crippen LogP contribution in [0.2, 0.25) is 0 Å². The summed E-state index contributed by atoms with van der Waals surface area (Å²) in [7, 11) is 0. The zero-order chi connectivity index (χ0) is 12.1. The predicted molar refractivity (Wildman–Crippen MR) is 68.2 cm³/mol. The molecule has 0 fully saturated rings. The Morgan fingerprint density at radius 3 is 2.41 bits per heavy atom. The topological polar surface area (TPSA) is 57.0 Å². The molecule has 0 bridgehead atoms. The molecule has 0 spiro atoms. The van der Waals surface area contributed by atoms with Gasteiger partial charge in [-0.15, -0.1) is 5.11 Å². The molecular weight excluding hydrogens is 238 g/mol. The summed E-state index contributed by atoms with van der Waals surface area (Å²) in [4.78, 5) is 2.41. The van der Waals surface area contributed by atoms with Crippen molar-refractivity contribution in [2.45, 2.75) is 0 Å². The molecule has 2 aromatic rings. The van der Waals surface area contributed by atoms with Crippen molar-refractivity contribution < 1.29 is 5.11 Å². The SMILES string of the molecule is Oc1cc(NCl)ccc1N=Nc1ccccc1. The molecule has 0 saturated heterocycles. The lowest BCUT2D eigenvalue weighted by atomic mass is 10.2. The maximum Gasteiger partial charge on any atom is 0.145 e. The van der Waals surface area contributed by atoms with Crippen LogP contribution in [0.4, 0.5) is 17.1 Å². The Kier molecular flexibility index (Phi) is 3.57. The first-order chi connectivity index (χ1) is 8.29. The predicted octanol–water partition coefficient (Wildman–Crippen LogP) is 4.37. The van der Waals surface area contributed by atoms with Gasteiger partial charge in [0.2, 0.25) is 0 Å². The Balaban J connectivity index is 2.22. The second-order valence-electron chi connectivity index (χ2n) is 3.33. The van der Waals surface area contributed by atoms with E-state index in [-0.39, 0.29) is 5.75 Å². The minimum absolute atomic E-state index is 0.0235. The molecule has 2 N–H and O–H groups in total. The van der Waals surface area contributed by atoms with Gasteiger partial charge in [0, 0.05) is 17.8 Å². The fraction of sp³-hybridized carbons (Fsp3) is 0. The number of hydrogen-bond acceptors (Lipinski definition) is 4. The van der Waals surface area contributed by atoms with Crippen LogP contribution in [0.25, 0.3) is 0 Å². The lowest BCUT2D eigenvalue weighted by Gasteiger charge is -2.00. The first-order valence-corrected chi connectivity index (χ1v) is 5.34. The molecule has 4 nitrogen and oxygen atoms in total. The number of nitrogens with one attached hydrogen (secondary N) is 1. The number of rotatable bonds is 3. The fourth-order valence-corrected chi connectivity index (χ4v) is 1.39. The third-order valence-corrected chi connectivity index (χ3v) is 2.33. The molecule has 17 heavy (non-hydrogen) atoms. The van der Waals surface area contributed by atoms with Crippen LogP contribution in [0.15, 0.2) is 58.8 Å². The maximum absolute atomic E-state index is 9.65. The van der Waals surface area contributed by atoms with E-state index in [2.05, 4.69) is 15.1 Å². The highest BCUT2D eigenvalue weighted by atomic mass is 35.5. The molecule has 0 aliphatic carbocycles. The third kappa shape index (κ3) is 2.95. The Labute approximate surface area is 104 Å². The van der Waals surface area contributed by atoms with Gasteiger partial charge in [-0.2, -0.15) is 5.11 Å². The molecule has 0 aliphatic heterocycles. The molecule has 2 rings (SSSR count). The second-order valence-corrected chi connectivity index (χ2v) is 3.52. The monoisotopic (exact) mass is 247 g/mol. The van der Waals surface area contributed by atoms with Crippen LogP contribution < -0.4 is 4.84 Å². The molecule has 0 aliphatic rings. The summed E-state index contributed by atoms with van der Waals surface area (Å²) in [6.45, 7) is 0. The summed E-state index contributed by atoms with van der Waals surface area (Å²) in [5.41, 5.74) is 1.72. The third-order valence-electron chi connectivity index (χ3n) is 2.11. The van der Waals surface area contributed by atoms with Gasteiger partial charge in [0.1, 0.15) is 11.4 Å². The van der Waals surface area contributed by atoms with E-state index in [0.29, 0.717) is 11.4 Å². The highest BCUT2D eigenvalue weighted by Gasteiger charge is 2.00. The van der Waals surface area contributed by atoms with Gasteiger partial charge in [0.25, 0.3) is 0 Å². The van der Waals surface area contributed by atoms with Crippen LogP contribution in [0, 0.1) is 0 Å². The van der Waals surface area contributed by atoms with Gasteiger partial charge in [0.05, 0.1) is 11.4 Å². The average molecular weight is 248 g/mol. The largest absolute Gasteiger partial charge is 0.506 e. The normalized spacial score (nSPS) is 10.6. The van der Waals surface area contributed by atoms with Gasteiger partial charge in [-0.05, 0) is 24.3 Å². The van der Waals surface area contributed by atoms with E-state index in [0.717, 1.165) is 5.69 Å². The van der Waals surface area contributed by atoms with E-state index in [1.165, 1.54) is 6.07 Å².